The van der Waals surface area contributed by atoms with Crippen molar-refractivity contribution >= 4 is 5.96 Å². The zero-order chi connectivity index (χ0) is 15.4. The van der Waals surface area contributed by atoms with Gasteiger partial charge in [0.25, 0.3) is 0 Å². The predicted molar refractivity (Wildman–Crippen MR) is 90.4 cm³/mol. The van der Waals surface area contributed by atoms with Gasteiger partial charge in [0, 0.05) is 25.2 Å². The van der Waals surface area contributed by atoms with Crippen LogP contribution in [0, 0.1) is 0 Å². The molecule has 1 aromatic carbocycles. The number of guanidine groups is 1. The first-order chi connectivity index (χ1) is 10.8. The van der Waals surface area contributed by atoms with Gasteiger partial charge in [-0.2, -0.15) is 0 Å². The van der Waals surface area contributed by atoms with Crippen LogP contribution in [0.3, 0.4) is 0 Å². The third-order valence-corrected chi connectivity index (χ3v) is 4.75. The SMILES string of the molecule is CCNC(=NCc1c(O)ccc2c1CCCC2)N1CCCC1. The largest absolute Gasteiger partial charge is 0.508 e. The van der Waals surface area contributed by atoms with Crippen molar-refractivity contribution in [2.75, 3.05) is 19.6 Å². The van der Waals surface area contributed by atoms with Crippen molar-refractivity contribution in [3.05, 3.63) is 28.8 Å². The number of aliphatic imine (C=N–C) groups is 1. The van der Waals surface area contributed by atoms with Gasteiger partial charge in [-0.3, -0.25) is 0 Å². The number of phenolic OH excluding ortho intramolecular Hbond substituents is 1. The Morgan fingerprint density at radius 1 is 1.18 bits per heavy atom. The average molecular weight is 301 g/mol. The monoisotopic (exact) mass is 301 g/mol. The van der Waals surface area contributed by atoms with Gasteiger partial charge in [0.15, 0.2) is 5.96 Å². The third-order valence-electron chi connectivity index (χ3n) is 4.75. The summed E-state index contributed by atoms with van der Waals surface area (Å²) in [4.78, 5) is 7.14. The summed E-state index contributed by atoms with van der Waals surface area (Å²) >= 11 is 0. The van der Waals surface area contributed by atoms with Crippen LogP contribution < -0.4 is 5.32 Å². The number of nitrogens with one attached hydrogen (secondary N) is 1. The number of fused-ring (bicyclic) bond motifs is 1. The Labute approximate surface area is 133 Å². The molecule has 1 aromatic rings. The summed E-state index contributed by atoms with van der Waals surface area (Å²) in [5.41, 5.74) is 3.78. The summed E-state index contributed by atoms with van der Waals surface area (Å²) in [5, 5.41) is 13.7. The zero-order valence-corrected chi connectivity index (χ0v) is 13.6. The molecule has 2 N–H and O–H groups in total. The van der Waals surface area contributed by atoms with Crippen molar-refractivity contribution in [1.82, 2.24) is 10.2 Å². The molecule has 0 aromatic heterocycles. The molecule has 2 aliphatic rings. The van der Waals surface area contributed by atoms with Crippen LogP contribution in [0.2, 0.25) is 0 Å². The van der Waals surface area contributed by atoms with Crippen LogP contribution in [0.1, 0.15) is 49.3 Å². The van der Waals surface area contributed by atoms with Crippen LogP contribution in [0.5, 0.6) is 5.75 Å². The number of aromatic hydroxyl groups is 1. The molecule has 22 heavy (non-hydrogen) atoms. The van der Waals surface area contributed by atoms with Crippen molar-refractivity contribution in [2.45, 2.75) is 52.0 Å². The van der Waals surface area contributed by atoms with Crippen molar-refractivity contribution in [1.29, 1.82) is 0 Å². The molecule has 0 atom stereocenters. The fourth-order valence-corrected chi connectivity index (χ4v) is 3.58. The van der Waals surface area contributed by atoms with Crippen molar-refractivity contribution < 1.29 is 5.11 Å². The molecule has 0 unspecified atom stereocenters. The molecule has 4 nitrogen and oxygen atoms in total. The number of likely N-dealkylation sites (tertiary alicyclic amines) is 1. The van der Waals surface area contributed by atoms with Crippen LogP contribution >= 0.6 is 0 Å². The van der Waals surface area contributed by atoms with Crippen molar-refractivity contribution in [3.63, 3.8) is 0 Å². The highest BCUT2D eigenvalue weighted by Crippen LogP contribution is 2.31. The predicted octanol–water partition coefficient (Wildman–Crippen LogP) is 2.83. The van der Waals surface area contributed by atoms with Gasteiger partial charge in [0.1, 0.15) is 5.75 Å². The molecule has 0 saturated carbocycles. The highest BCUT2D eigenvalue weighted by atomic mass is 16.3. The Balaban J connectivity index is 1.83. The Kier molecular flexibility index (Phi) is 4.86. The van der Waals surface area contributed by atoms with Gasteiger partial charge < -0.3 is 15.3 Å². The molecule has 1 aliphatic heterocycles. The number of hydrogen-bond acceptors (Lipinski definition) is 2. The van der Waals surface area contributed by atoms with Gasteiger partial charge in [0.05, 0.1) is 6.54 Å². The van der Waals surface area contributed by atoms with E-state index in [9.17, 15) is 5.11 Å². The van der Waals surface area contributed by atoms with Gasteiger partial charge in [0.2, 0.25) is 0 Å². The normalized spacial score (nSPS) is 18.4. The first-order valence-corrected chi connectivity index (χ1v) is 8.65. The van der Waals surface area contributed by atoms with Crippen LogP contribution in [0.15, 0.2) is 17.1 Å². The third kappa shape index (κ3) is 3.21. The molecule has 4 heteroatoms. The first kappa shape index (κ1) is 15.2. The summed E-state index contributed by atoms with van der Waals surface area (Å²) in [6.07, 6.45) is 7.19. The standard InChI is InChI=1S/C18H27N3O/c1-2-19-18(21-11-5-6-12-21)20-13-16-15-8-4-3-7-14(15)9-10-17(16)22/h9-10,22H,2-8,11-13H2,1H3,(H,19,20). The first-order valence-electron chi connectivity index (χ1n) is 8.65. The Morgan fingerprint density at radius 3 is 2.73 bits per heavy atom. The van der Waals surface area contributed by atoms with Gasteiger partial charge in [-0.1, -0.05) is 6.07 Å². The minimum atomic E-state index is 0.404. The summed E-state index contributed by atoms with van der Waals surface area (Å²) in [7, 11) is 0. The topological polar surface area (TPSA) is 47.9 Å². The van der Waals surface area contributed by atoms with E-state index >= 15 is 0 Å². The maximum atomic E-state index is 10.3. The number of rotatable bonds is 3. The van der Waals surface area contributed by atoms with E-state index < -0.39 is 0 Å². The van der Waals surface area contributed by atoms with Crippen LogP contribution in [0.25, 0.3) is 0 Å². The Morgan fingerprint density at radius 2 is 1.95 bits per heavy atom. The quantitative estimate of drug-likeness (QED) is 0.667. The van der Waals surface area contributed by atoms with Crippen molar-refractivity contribution in [3.8, 4) is 5.75 Å². The molecule has 3 rings (SSSR count). The van der Waals surface area contributed by atoms with Gasteiger partial charge in [-0.15, -0.1) is 0 Å². The number of nitrogens with zero attached hydrogens (tertiary/aromatic N) is 2. The molecule has 0 amide bonds. The molecule has 0 spiro atoms. The number of benzene rings is 1. The molecule has 120 valence electrons. The fourth-order valence-electron chi connectivity index (χ4n) is 3.58. The van der Waals surface area contributed by atoms with E-state index in [-0.39, 0.29) is 0 Å². The summed E-state index contributed by atoms with van der Waals surface area (Å²) in [6.45, 7) is 5.74. The molecule has 0 bridgehead atoms. The molecule has 1 aliphatic carbocycles. The molecular formula is C18H27N3O. The van der Waals surface area contributed by atoms with E-state index in [2.05, 4.69) is 23.2 Å². The zero-order valence-electron chi connectivity index (χ0n) is 13.6. The fraction of sp³-hybridized carbons (Fsp3) is 0.611. The van der Waals surface area contributed by atoms with Gasteiger partial charge in [-0.25, -0.2) is 4.99 Å². The minimum absolute atomic E-state index is 0.404. The highest BCUT2D eigenvalue weighted by molar-refractivity contribution is 5.80. The average Bonchev–Trinajstić information content (AvgIpc) is 3.07. The summed E-state index contributed by atoms with van der Waals surface area (Å²) < 4.78 is 0. The Bertz CT molecular complexity index is 548. The minimum Gasteiger partial charge on any atom is -0.508 e. The van der Waals surface area contributed by atoms with Gasteiger partial charge >= 0.3 is 0 Å². The lowest BCUT2D eigenvalue weighted by molar-refractivity contribution is 0.464. The van der Waals surface area contributed by atoms with Crippen LogP contribution in [0.4, 0.5) is 0 Å². The molecule has 1 heterocycles. The number of aryl methyl sites for hydroxylation is 1. The lowest BCUT2D eigenvalue weighted by Crippen LogP contribution is -2.39. The Hall–Kier alpha value is -1.71. The molecule has 1 saturated heterocycles. The lowest BCUT2D eigenvalue weighted by atomic mass is 9.88. The number of hydrogen-bond donors (Lipinski definition) is 2. The molecule has 0 radical (unpaired) electrons. The summed E-state index contributed by atoms with van der Waals surface area (Å²) in [6, 6.07) is 3.93. The van der Waals surface area contributed by atoms with E-state index in [1.165, 1.54) is 36.8 Å². The molecular weight excluding hydrogens is 274 g/mol. The second kappa shape index (κ2) is 7.03. The van der Waals surface area contributed by atoms with E-state index in [1.54, 1.807) is 0 Å². The lowest BCUT2D eigenvalue weighted by Gasteiger charge is -2.22. The maximum Gasteiger partial charge on any atom is 0.194 e. The second-order valence-corrected chi connectivity index (χ2v) is 6.27. The number of phenols is 1. The van der Waals surface area contributed by atoms with E-state index in [0.29, 0.717) is 12.3 Å². The maximum absolute atomic E-state index is 10.3. The van der Waals surface area contributed by atoms with Crippen LogP contribution in [-0.2, 0) is 19.4 Å². The van der Waals surface area contributed by atoms with E-state index in [0.717, 1.165) is 44.0 Å². The summed E-state index contributed by atoms with van der Waals surface area (Å²) in [5.74, 6) is 1.40. The van der Waals surface area contributed by atoms with E-state index in [1.807, 2.05) is 6.07 Å². The van der Waals surface area contributed by atoms with Gasteiger partial charge in [-0.05, 0) is 62.6 Å². The highest BCUT2D eigenvalue weighted by Gasteiger charge is 2.18. The second-order valence-electron chi connectivity index (χ2n) is 6.27. The smallest absolute Gasteiger partial charge is 0.194 e. The van der Waals surface area contributed by atoms with Crippen LogP contribution in [-0.4, -0.2) is 35.6 Å². The van der Waals surface area contributed by atoms with Crippen molar-refractivity contribution in [2.24, 2.45) is 4.99 Å². The van der Waals surface area contributed by atoms with E-state index in [4.69, 9.17) is 4.99 Å². The molecule has 1 fully saturated rings.